The summed E-state index contributed by atoms with van der Waals surface area (Å²) >= 11 is 5.88. The first kappa shape index (κ1) is 18.7. The minimum atomic E-state index is -0.219. The SMILES string of the molecule is O=C(Nc1ccc(Cl)cc1)c1cccc(-c2cc(Oc3ccccc3)ncn2)c1. The maximum Gasteiger partial charge on any atom is 0.255 e. The Hall–Kier alpha value is -3.70. The molecule has 142 valence electrons. The van der Waals surface area contributed by atoms with Crippen molar-refractivity contribution >= 4 is 23.2 Å². The van der Waals surface area contributed by atoms with Crippen molar-refractivity contribution in [2.24, 2.45) is 0 Å². The van der Waals surface area contributed by atoms with Crippen molar-refractivity contribution in [3.63, 3.8) is 0 Å². The molecule has 1 aromatic heterocycles. The van der Waals surface area contributed by atoms with Gasteiger partial charge in [0.2, 0.25) is 5.88 Å². The first-order valence-electron chi connectivity index (χ1n) is 8.90. The fraction of sp³-hybridized carbons (Fsp3) is 0. The zero-order valence-electron chi connectivity index (χ0n) is 15.2. The fourth-order valence-corrected chi connectivity index (χ4v) is 2.84. The lowest BCUT2D eigenvalue weighted by Crippen LogP contribution is -2.11. The third kappa shape index (κ3) is 4.78. The number of anilines is 1. The van der Waals surface area contributed by atoms with Gasteiger partial charge in [-0.05, 0) is 48.5 Å². The average molecular weight is 402 g/mol. The van der Waals surface area contributed by atoms with Gasteiger partial charge in [0, 0.05) is 27.9 Å². The van der Waals surface area contributed by atoms with Crippen molar-refractivity contribution in [3.05, 3.63) is 102 Å². The Labute approximate surface area is 173 Å². The second kappa shape index (κ2) is 8.54. The van der Waals surface area contributed by atoms with Crippen LogP contribution in [0.15, 0.2) is 91.3 Å². The molecule has 0 spiro atoms. The second-order valence-corrected chi connectivity index (χ2v) is 6.63. The van der Waals surface area contributed by atoms with Gasteiger partial charge in [-0.25, -0.2) is 9.97 Å². The molecule has 5 nitrogen and oxygen atoms in total. The summed E-state index contributed by atoms with van der Waals surface area (Å²) in [6.45, 7) is 0. The summed E-state index contributed by atoms with van der Waals surface area (Å²) in [6, 6.07) is 25.3. The summed E-state index contributed by atoms with van der Waals surface area (Å²) < 4.78 is 5.77. The van der Waals surface area contributed by atoms with Crippen molar-refractivity contribution in [1.82, 2.24) is 9.97 Å². The first-order valence-corrected chi connectivity index (χ1v) is 9.27. The number of hydrogen-bond donors (Lipinski definition) is 1. The molecule has 0 aliphatic carbocycles. The molecule has 1 heterocycles. The number of benzene rings is 3. The molecular formula is C23H16ClN3O2. The Morgan fingerprint density at radius 3 is 2.45 bits per heavy atom. The number of nitrogens with zero attached hydrogens (tertiary/aromatic N) is 2. The lowest BCUT2D eigenvalue weighted by Gasteiger charge is -2.08. The van der Waals surface area contributed by atoms with E-state index in [1.165, 1.54) is 6.33 Å². The lowest BCUT2D eigenvalue weighted by molar-refractivity contribution is 0.102. The topological polar surface area (TPSA) is 64.1 Å². The van der Waals surface area contributed by atoms with Crippen LogP contribution >= 0.6 is 11.6 Å². The zero-order valence-corrected chi connectivity index (χ0v) is 16.0. The molecule has 4 rings (SSSR count). The number of rotatable bonds is 5. The largest absolute Gasteiger partial charge is 0.439 e. The summed E-state index contributed by atoms with van der Waals surface area (Å²) in [5.41, 5.74) is 2.63. The number of nitrogens with one attached hydrogen (secondary N) is 1. The van der Waals surface area contributed by atoms with Crippen LogP contribution in [0.25, 0.3) is 11.3 Å². The van der Waals surface area contributed by atoms with Gasteiger partial charge >= 0.3 is 0 Å². The van der Waals surface area contributed by atoms with Crippen LogP contribution < -0.4 is 10.1 Å². The van der Waals surface area contributed by atoms with Crippen LogP contribution in [0.5, 0.6) is 11.6 Å². The number of carbonyl (C=O) groups excluding carboxylic acids is 1. The van der Waals surface area contributed by atoms with Crippen molar-refractivity contribution in [1.29, 1.82) is 0 Å². The van der Waals surface area contributed by atoms with Gasteiger partial charge in [0.05, 0.1) is 5.69 Å². The van der Waals surface area contributed by atoms with E-state index < -0.39 is 0 Å². The molecular weight excluding hydrogens is 386 g/mol. The Bertz CT molecular complexity index is 1130. The molecule has 0 radical (unpaired) electrons. The molecule has 1 N–H and O–H groups in total. The predicted molar refractivity (Wildman–Crippen MR) is 113 cm³/mol. The maximum absolute atomic E-state index is 12.6. The minimum Gasteiger partial charge on any atom is -0.439 e. The summed E-state index contributed by atoms with van der Waals surface area (Å²) in [7, 11) is 0. The van der Waals surface area contributed by atoms with Crippen molar-refractivity contribution in [3.8, 4) is 22.9 Å². The zero-order chi connectivity index (χ0) is 20.1. The van der Waals surface area contributed by atoms with E-state index in [1.54, 1.807) is 42.5 Å². The number of ether oxygens (including phenoxy) is 1. The smallest absolute Gasteiger partial charge is 0.255 e. The Balaban J connectivity index is 1.54. The number of para-hydroxylation sites is 1. The predicted octanol–water partition coefficient (Wildman–Crippen LogP) is 5.84. The summed E-state index contributed by atoms with van der Waals surface area (Å²) in [5.74, 6) is 0.898. The van der Waals surface area contributed by atoms with Crippen molar-refractivity contribution in [2.45, 2.75) is 0 Å². The number of halogens is 1. The lowest BCUT2D eigenvalue weighted by atomic mass is 10.1. The van der Waals surface area contributed by atoms with Crippen LogP contribution in [0.2, 0.25) is 5.02 Å². The molecule has 0 saturated carbocycles. The van der Waals surface area contributed by atoms with Gasteiger partial charge in [-0.1, -0.05) is 41.9 Å². The van der Waals surface area contributed by atoms with Crippen LogP contribution in [0.3, 0.4) is 0 Å². The molecule has 0 atom stereocenters. The third-order valence-corrected chi connectivity index (χ3v) is 4.38. The summed E-state index contributed by atoms with van der Waals surface area (Å²) in [5, 5.41) is 3.47. The average Bonchev–Trinajstić information content (AvgIpc) is 2.76. The summed E-state index contributed by atoms with van der Waals surface area (Å²) in [4.78, 5) is 21.1. The van der Waals surface area contributed by atoms with Gasteiger partial charge in [-0.3, -0.25) is 4.79 Å². The minimum absolute atomic E-state index is 0.219. The number of carbonyl (C=O) groups is 1. The Kier molecular flexibility index (Phi) is 5.49. The molecule has 6 heteroatoms. The van der Waals surface area contributed by atoms with Crippen molar-refractivity contribution < 1.29 is 9.53 Å². The van der Waals surface area contributed by atoms with E-state index in [0.717, 1.165) is 5.56 Å². The molecule has 0 saturated heterocycles. The number of aromatic nitrogens is 2. The third-order valence-electron chi connectivity index (χ3n) is 4.13. The fourth-order valence-electron chi connectivity index (χ4n) is 2.72. The van der Waals surface area contributed by atoms with Crippen LogP contribution in [0.4, 0.5) is 5.69 Å². The van der Waals surface area contributed by atoms with E-state index in [9.17, 15) is 4.79 Å². The number of amides is 1. The van der Waals surface area contributed by atoms with E-state index >= 15 is 0 Å². The van der Waals surface area contributed by atoms with Gasteiger partial charge in [0.1, 0.15) is 12.1 Å². The van der Waals surface area contributed by atoms with E-state index in [4.69, 9.17) is 16.3 Å². The highest BCUT2D eigenvalue weighted by atomic mass is 35.5. The number of hydrogen-bond acceptors (Lipinski definition) is 4. The van der Waals surface area contributed by atoms with Crippen molar-refractivity contribution in [2.75, 3.05) is 5.32 Å². The molecule has 0 aliphatic heterocycles. The maximum atomic E-state index is 12.6. The molecule has 4 aromatic rings. The second-order valence-electron chi connectivity index (χ2n) is 6.20. The highest BCUT2D eigenvalue weighted by Gasteiger charge is 2.10. The van der Waals surface area contributed by atoms with E-state index in [1.807, 2.05) is 42.5 Å². The van der Waals surface area contributed by atoms with E-state index in [2.05, 4.69) is 15.3 Å². The molecule has 0 bridgehead atoms. The van der Waals surface area contributed by atoms with Gasteiger partial charge in [0.15, 0.2) is 0 Å². The molecule has 0 aliphatic rings. The van der Waals surface area contributed by atoms with Crippen LogP contribution in [-0.4, -0.2) is 15.9 Å². The summed E-state index contributed by atoms with van der Waals surface area (Å²) in [6.07, 6.45) is 1.44. The van der Waals surface area contributed by atoms with Crippen LogP contribution in [-0.2, 0) is 0 Å². The van der Waals surface area contributed by atoms with E-state index in [-0.39, 0.29) is 5.91 Å². The van der Waals surface area contributed by atoms with Gasteiger partial charge < -0.3 is 10.1 Å². The van der Waals surface area contributed by atoms with Crippen LogP contribution in [0, 0.1) is 0 Å². The highest BCUT2D eigenvalue weighted by molar-refractivity contribution is 6.30. The first-order chi connectivity index (χ1) is 14.2. The molecule has 29 heavy (non-hydrogen) atoms. The van der Waals surface area contributed by atoms with Gasteiger partial charge in [0.25, 0.3) is 5.91 Å². The molecule has 1 amide bonds. The highest BCUT2D eigenvalue weighted by Crippen LogP contribution is 2.24. The molecule has 3 aromatic carbocycles. The quantitative estimate of drug-likeness (QED) is 0.456. The molecule has 0 fully saturated rings. The Morgan fingerprint density at radius 1 is 0.862 bits per heavy atom. The normalized spacial score (nSPS) is 10.4. The standard InChI is InChI=1S/C23H16ClN3O2/c24-18-9-11-19(12-10-18)27-23(28)17-6-4-5-16(13-17)21-14-22(26-15-25-21)29-20-7-2-1-3-8-20/h1-15H,(H,27,28). The van der Waals surface area contributed by atoms with Gasteiger partial charge in [-0.15, -0.1) is 0 Å². The van der Waals surface area contributed by atoms with E-state index in [0.29, 0.717) is 33.6 Å². The monoisotopic (exact) mass is 401 g/mol. The van der Waals surface area contributed by atoms with Crippen LogP contribution in [0.1, 0.15) is 10.4 Å². The molecule has 0 unspecified atom stereocenters. The Morgan fingerprint density at radius 2 is 1.66 bits per heavy atom. The van der Waals surface area contributed by atoms with Gasteiger partial charge in [-0.2, -0.15) is 0 Å².